The average Bonchev–Trinajstić information content (AvgIpc) is 3.10. The maximum absolute atomic E-state index is 13.3. The number of carbonyl (C=O) groups excluding carboxylic acids is 1. The Morgan fingerprint density at radius 2 is 1.77 bits per heavy atom. The second-order valence-corrected chi connectivity index (χ2v) is 10.5. The van der Waals surface area contributed by atoms with E-state index < -0.39 is 10.0 Å². The Morgan fingerprint density at radius 3 is 2.57 bits per heavy atom. The number of aryl methyl sites for hydroxylation is 1. The first-order valence-electron chi connectivity index (χ1n) is 11.8. The fourth-order valence-corrected chi connectivity index (χ4v) is 5.62. The molecule has 0 bridgehead atoms. The molecule has 3 aromatic carbocycles. The predicted molar refractivity (Wildman–Crippen MR) is 138 cm³/mol. The molecular weight excluding hydrogens is 458 g/mol. The number of aromatic nitrogens is 1. The number of fused-ring (bicyclic) bond motifs is 2. The smallest absolute Gasteiger partial charge is 0.254 e. The molecule has 6 nitrogen and oxygen atoms in total. The number of nitrogens with zero attached hydrogens (tertiary/aromatic N) is 2. The Bertz CT molecular complexity index is 1500. The molecular formula is C28H27N3O3S. The summed E-state index contributed by atoms with van der Waals surface area (Å²) in [5, 5.41) is 1.09. The minimum absolute atomic E-state index is 0.0944. The van der Waals surface area contributed by atoms with Crippen molar-refractivity contribution in [1.82, 2.24) is 14.6 Å². The van der Waals surface area contributed by atoms with Gasteiger partial charge in [0.2, 0.25) is 10.0 Å². The van der Waals surface area contributed by atoms with Crippen molar-refractivity contribution in [3.63, 3.8) is 0 Å². The topological polar surface area (TPSA) is 79.4 Å². The van der Waals surface area contributed by atoms with Crippen LogP contribution in [-0.4, -0.2) is 37.3 Å². The van der Waals surface area contributed by atoms with Crippen LogP contribution in [0.15, 0.2) is 83.9 Å². The third-order valence-electron chi connectivity index (χ3n) is 6.40. The highest BCUT2D eigenvalue weighted by atomic mass is 32.2. The second-order valence-electron chi connectivity index (χ2n) is 8.76. The summed E-state index contributed by atoms with van der Waals surface area (Å²) in [6.45, 7) is 3.21. The number of carbonyl (C=O) groups is 1. The normalized spacial score (nSPS) is 13.9. The minimum Gasteiger partial charge on any atom is -0.334 e. The van der Waals surface area contributed by atoms with Crippen LogP contribution >= 0.6 is 0 Å². The molecule has 0 unspecified atom stereocenters. The molecule has 7 heteroatoms. The highest BCUT2D eigenvalue weighted by molar-refractivity contribution is 7.89. The van der Waals surface area contributed by atoms with Gasteiger partial charge in [0.25, 0.3) is 5.91 Å². The summed E-state index contributed by atoms with van der Waals surface area (Å²) >= 11 is 0. The highest BCUT2D eigenvalue weighted by Crippen LogP contribution is 2.28. The molecule has 0 radical (unpaired) electrons. The molecule has 0 aliphatic carbocycles. The van der Waals surface area contributed by atoms with Crippen molar-refractivity contribution in [2.45, 2.75) is 31.2 Å². The van der Waals surface area contributed by atoms with Crippen molar-refractivity contribution >= 4 is 26.8 Å². The van der Waals surface area contributed by atoms with Gasteiger partial charge in [-0.3, -0.25) is 9.78 Å². The number of hydrogen-bond acceptors (Lipinski definition) is 4. The van der Waals surface area contributed by atoms with Gasteiger partial charge < -0.3 is 4.90 Å². The quantitative estimate of drug-likeness (QED) is 0.441. The number of rotatable bonds is 5. The summed E-state index contributed by atoms with van der Waals surface area (Å²) in [7, 11) is -3.55. The van der Waals surface area contributed by atoms with Gasteiger partial charge in [-0.1, -0.05) is 37.3 Å². The third-order valence-corrected chi connectivity index (χ3v) is 7.96. The molecule has 1 aliphatic heterocycles. The van der Waals surface area contributed by atoms with Gasteiger partial charge in [0.05, 0.1) is 10.4 Å². The average molecular weight is 486 g/mol. The van der Waals surface area contributed by atoms with Crippen LogP contribution in [0, 0.1) is 0 Å². The molecule has 1 amide bonds. The van der Waals surface area contributed by atoms with Crippen LogP contribution in [0.25, 0.3) is 22.0 Å². The van der Waals surface area contributed by atoms with Gasteiger partial charge in [-0.2, -0.15) is 0 Å². The maximum atomic E-state index is 13.3. The van der Waals surface area contributed by atoms with Gasteiger partial charge in [0.1, 0.15) is 0 Å². The fraction of sp³-hybridized carbons (Fsp3) is 0.214. The molecule has 0 spiro atoms. The van der Waals surface area contributed by atoms with Crippen molar-refractivity contribution < 1.29 is 13.2 Å². The van der Waals surface area contributed by atoms with E-state index in [9.17, 15) is 13.2 Å². The number of benzene rings is 3. The summed E-state index contributed by atoms with van der Waals surface area (Å²) in [5.41, 5.74) is 5.96. The van der Waals surface area contributed by atoms with E-state index in [1.54, 1.807) is 19.1 Å². The van der Waals surface area contributed by atoms with E-state index in [-0.39, 0.29) is 10.8 Å². The van der Waals surface area contributed by atoms with Gasteiger partial charge in [0.15, 0.2) is 0 Å². The third kappa shape index (κ3) is 4.83. The van der Waals surface area contributed by atoms with Crippen molar-refractivity contribution in [1.29, 1.82) is 0 Å². The molecule has 35 heavy (non-hydrogen) atoms. The Hall–Kier alpha value is -3.55. The largest absolute Gasteiger partial charge is 0.334 e. The summed E-state index contributed by atoms with van der Waals surface area (Å²) < 4.78 is 26.9. The Kier molecular flexibility index (Phi) is 6.36. The van der Waals surface area contributed by atoms with E-state index in [0.29, 0.717) is 25.2 Å². The molecule has 5 rings (SSSR count). The van der Waals surface area contributed by atoms with Crippen LogP contribution in [0.1, 0.15) is 34.8 Å². The molecule has 0 atom stereocenters. The Morgan fingerprint density at radius 1 is 0.971 bits per heavy atom. The second kappa shape index (κ2) is 9.60. The van der Waals surface area contributed by atoms with E-state index in [4.69, 9.17) is 0 Å². The molecule has 4 aromatic rings. The number of amides is 1. The van der Waals surface area contributed by atoms with Crippen molar-refractivity contribution in [3.8, 4) is 11.1 Å². The monoisotopic (exact) mass is 485 g/mol. The predicted octanol–water partition coefficient (Wildman–Crippen LogP) is 4.79. The van der Waals surface area contributed by atoms with E-state index in [1.165, 1.54) is 17.7 Å². The molecule has 0 saturated carbocycles. The standard InChI is InChI=1S/C28H27N3O3S/c1-2-30-35(33,34)26-13-11-21(12-14-26)28(32)31-15-5-7-20-9-10-22(16-25(20)19-31)24-17-23-6-3-4-8-27(23)29-18-24/h3-4,6,8-14,16-18,30H,2,5,7,15,19H2,1H3. The first-order chi connectivity index (χ1) is 16.9. The van der Waals surface area contributed by atoms with E-state index >= 15 is 0 Å². The zero-order chi connectivity index (χ0) is 24.4. The van der Waals surface area contributed by atoms with Gasteiger partial charge in [0, 0.05) is 42.3 Å². The van der Waals surface area contributed by atoms with E-state index in [0.717, 1.165) is 40.4 Å². The lowest BCUT2D eigenvalue weighted by molar-refractivity contribution is 0.0746. The molecule has 1 aliphatic rings. The van der Waals surface area contributed by atoms with Crippen LogP contribution in [0.5, 0.6) is 0 Å². The molecule has 0 saturated heterocycles. The Labute approximate surface area is 205 Å². The van der Waals surface area contributed by atoms with Gasteiger partial charge in [-0.25, -0.2) is 13.1 Å². The van der Waals surface area contributed by atoms with Crippen LogP contribution in [0.4, 0.5) is 0 Å². The molecule has 1 N–H and O–H groups in total. The number of sulfonamides is 1. The number of pyridine rings is 1. The van der Waals surface area contributed by atoms with Gasteiger partial charge in [-0.05, 0) is 72.0 Å². The molecule has 0 fully saturated rings. The van der Waals surface area contributed by atoms with Crippen LogP contribution in [-0.2, 0) is 23.0 Å². The zero-order valence-electron chi connectivity index (χ0n) is 19.6. The fourth-order valence-electron chi connectivity index (χ4n) is 4.58. The Balaban J connectivity index is 1.40. The minimum atomic E-state index is -3.55. The molecule has 2 heterocycles. The van der Waals surface area contributed by atoms with Crippen molar-refractivity contribution in [3.05, 3.63) is 95.7 Å². The molecule has 178 valence electrons. The summed E-state index contributed by atoms with van der Waals surface area (Å²) in [6.07, 6.45) is 3.68. The summed E-state index contributed by atoms with van der Waals surface area (Å²) in [6, 6.07) is 22.8. The summed E-state index contributed by atoms with van der Waals surface area (Å²) in [5.74, 6) is -0.0944. The van der Waals surface area contributed by atoms with Gasteiger partial charge >= 0.3 is 0 Å². The summed E-state index contributed by atoms with van der Waals surface area (Å²) in [4.78, 5) is 19.9. The molecule has 1 aromatic heterocycles. The van der Waals surface area contributed by atoms with Crippen molar-refractivity contribution in [2.75, 3.05) is 13.1 Å². The first-order valence-corrected chi connectivity index (χ1v) is 13.3. The maximum Gasteiger partial charge on any atom is 0.254 e. The lowest BCUT2D eigenvalue weighted by Gasteiger charge is -2.21. The number of hydrogen-bond donors (Lipinski definition) is 1. The van der Waals surface area contributed by atoms with Crippen LogP contribution in [0.3, 0.4) is 0 Å². The van der Waals surface area contributed by atoms with E-state index in [1.807, 2.05) is 29.3 Å². The number of para-hydroxylation sites is 1. The first kappa shape index (κ1) is 23.2. The lowest BCUT2D eigenvalue weighted by Crippen LogP contribution is -2.30. The van der Waals surface area contributed by atoms with Crippen LogP contribution < -0.4 is 4.72 Å². The lowest BCUT2D eigenvalue weighted by atomic mass is 9.97. The zero-order valence-corrected chi connectivity index (χ0v) is 20.4. The van der Waals surface area contributed by atoms with Gasteiger partial charge in [-0.15, -0.1) is 0 Å². The SMILES string of the molecule is CCNS(=O)(=O)c1ccc(C(=O)N2CCCc3ccc(-c4cnc5ccccc5c4)cc3C2)cc1. The highest BCUT2D eigenvalue weighted by Gasteiger charge is 2.22. The van der Waals surface area contributed by atoms with E-state index in [2.05, 4.69) is 40.0 Å². The van der Waals surface area contributed by atoms with Crippen molar-refractivity contribution in [2.24, 2.45) is 0 Å². The number of nitrogens with one attached hydrogen (secondary N) is 1. The van der Waals surface area contributed by atoms with Crippen LogP contribution in [0.2, 0.25) is 0 Å².